The van der Waals surface area contributed by atoms with Crippen molar-refractivity contribution in [2.24, 2.45) is 4.99 Å². The van der Waals surface area contributed by atoms with E-state index in [9.17, 15) is 0 Å². The Labute approximate surface area is 168 Å². The van der Waals surface area contributed by atoms with Crippen molar-refractivity contribution in [1.82, 2.24) is 15.5 Å². The second-order valence-electron chi connectivity index (χ2n) is 7.26. The fourth-order valence-electron chi connectivity index (χ4n) is 3.79. The highest BCUT2D eigenvalue weighted by Gasteiger charge is 2.24. The lowest BCUT2D eigenvalue weighted by Crippen LogP contribution is -2.44. The molecule has 1 heterocycles. The molecule has 0 aromatic heterocycles. The molecule has 1 atom stereocenters. The highest BCUT2D eigenvalue weighted by molar-refractivity contribution is 5.79. The molecule has 2 N–H and O–H groups in total. The lowest BCUT2D eigenvalue weighted by Gasteiger charge is -2.25. The Balaban J connectivity index is 1.50. The van der Waals surface area contributed by atoms with E-state index in [2.05, 4.69) is 69.1 Å². The average molecular weight is 381 g/mol. The predicted molar refractivity (Wildman–Crippen MR) is 115 cm³/mol. The summed E-state index contributed by atoms with van der Waals surface area (Å²) < 4.78 is 5.30. The van der Waals surface area contributed by atoms with Crippen LogP contribution in [-0.2, 0) is 24.4 Å². The van der Waals surface area contributed by atoms with Gasteiger partial charge in [-0.1, -0.05) is 54.6 Å². The zero-order valence-electron chi connectivity index (χ0n) is 17.0. The number of nitrogens with one attached hydrogen (secondary N) is 2. The molecule has 0 amide bonds. The van der Waals surface area contributed by atoms with Crippen molar-refractivity contribution in [3.63, 3.8) is 0 Å². The molecule has 3 rings (SSSR count). The molecule has 5 nitrogen and oxygen atoms in total. The van der Waals surface area contributed by atoms with Gasteiger partial charge in [0.05, 0.1) is 6.61 Å². The Morgan fingerprint density at radius 3 is 2.57 bits per heavy atom. The van der Waals surface area contributed by atoms with Gasteiger partial charge in [0.1, 0.15) is 0 Å². The number of nitrogens with zero attached hydrogens (tertiary/aromatic N) is 2. The summed E-state index contributed by atoms with van der Waals surface area (Å²) in [5.41, 5.74) is 3.82. The monoisotopic (exact) mass is 380 g/mol. The van der Waals surface area contributed by atoms with Crippen LogP contribution in [0.1, 0.15) is 29.5 Å². The molecule has 5 heteroatoms. The Morgan fingerprint density at radius 2 is 1.82 bits per heavy atom. The van der Waals surface area contributed by atoms with Gasteiger partial charge < -0.3 is 15.4 Å². The predicted octanol–water partition coefficient (Wildman–Crippen LogP) is 3.16. The number of methoxy groups -OCH3 is 1. The smallest absolute Gasteiger partial charge is 0.191 e. The van der Waals surface area contributed by atoms with Gasteiger partial charge in [0.25, 0.3) is 0 Å². The van der Waals surface area contributed by atoms with Crippen LogP contribution in [0.2, 0.25) is 0 Å². The van der Waals surface area contributed by atoms with Crippen molar-refractivity contribution in [3.05, 3.63) is 71.3 Å². The first kappa shape index (κ1) is 20.4. The van der Waals surface area contributed by atoms with Crippen LogP contribution >= 0.6 is 0 Å². The lowest BCUT2D eigenvalue weighted by atomic mass is 10.1. The van der Waals surface area contributed by atoms with Crippen molar-refractivity contribution in [2.45, 2.75) is 38.6 Å². The zero-order chi connectivity index (χ0) is 19.6. The van der Waals surface area contributed by atoms with Gasteiger partial charge in [-0.15, -0.1) is 0 Å². The first-order valence-electron chi connectivity index (χ1n) is 10.1. The standard InChI is InChI=1S/C23H32N4O/c1-24-23(25-15-20-11-6-7-12-21(20)18-28-2)26-16-22-13-8-14-27(22)17-19-9-4-3-5-10-19/h3-7,9-12,22H,8,13-18H2,1-2H3,(H2,24,25,26). The van der Waals surface area contributed by atoms with Crippen molar-refractivity contribution in [3.8, 4) is 0 Å². The fourth-order valence-corrected chi connectivity index (χ4v) is 3.79. The second-order valence-corrected chi connectivity index (χ2v) is 7.26. The summed E-state index contributed by atoms with van der Waals surface area (Å²) in [6, 6.07) is 19.6. The first-order chi connectivity index (χ1) is 13.8. The summed E-state index contributed by atoms with van der Waals surface area (Å²) in [5.74, 6) is 0.846. The first-order valence-corrected chi connectivity index (χ1v) is 10.1. The van der Waals surface area contributed by atoms with Crippen LogP contribution < -0.4 is 10.6 Å². The lowest BCUT2D eigenvalue weighted by molar-refractivity contribution is 0.184. The highest BCUT2D eigenvalue weighted by atomic mass is 16.5. The number of ether oxygens (including phenoxy) is 1. The number of hydrogen-bond acceptors (Lipinski definition) is 3. The molecule has 1 aliphatic rings. The largest absolute Gasteiger partial charge is 0.380 e. The summed E-state index contributed by atoms with van der Waals surface area (Å²) in [6.07, 6.45) is 2.49. The Morgan fingerprint density at radius 1 is 1.07 bits per heavy atom. The second kappa shape index (κ2) is 10.8. The maximum absolute atomic E-state index is 5.30. The molecule has 1 aliphatic heterocycles. The number of aliphatic imine (C=N–C) groups is 1. The highest BCUT2D eigenvalue weighted by Crippen LogP contribution is 2.19. The molecule has 150 valence electrons. The van der Waals surface area contributed by atoms with Gasteiger partial charge in [0.15, 0.2) is 5.96 Å². The molecule has 0 spiro atoms. The number of likely N-dealkylation sites (tertiary alicyclic amines) is 1. The van der Waals surface area contributed by atoms with E-state index in [-0.39, 0.29) is 0 Å². The third-order valence-electron chi connectivity index (χ3n) is 5.32. The van der Waals surface area contributed by atoms with Gasteiger partial charge in [0.2, 0.25) is 0 Å². The molecule has 1 unspecified atom stereocenters. The van der Waals surface area contributed by atoms with E-state index in [1.807, 2.05) is 13.1 Å². The van der Waals surface area contributed by atoms with Crippen LogP contribution in [0.4, 0.5) is 0 Å². The van der Waals surface area contributed by atoms with Crippen molar-refractivity contribution < 1.29 is 4.74 Å². The fraction of sp³-hybridized carbons (Fsp3) is 0.435. The van der Waals surface area contributed by atoms with Crippen LogP contribution in [0.3, 0.4) is 0 Å². The van der Waals surface area contributed by atoms with Crippen molar-refractivity contribution in [1.29, 1.82) is 0 Å². The van der Waals surface area contributed by atoms with Crippen LogP contribution in [0.15, 0.2) is 59.6 Å². The summed E-state index contributed by atoms with van der Waals surface area (Å²) >= 11 is 0. The summed E-state index contributed by atoms with van der Waals surface area (Å²) in [5, 5.41) is 6.95. The molecule has 0 bridgehead atoms. The van der Waals surface area contributed by atoms with E-state index in [1.54, 1.807) is 7.11 Å². The molecule has 1 fully saturated rings. The van der Waals surface area contributed by atoms with E-state index in [4.69, 9.17) is 4.74 Å². The third kappa shape index (κ3) is 5.81. The summed E-state index contributed by atoms with van der Waals surface area (Å²) in [7, 11) is 3.56. The van der Waals surface area contributed by atoms with Crippen LogP contribution in [-0.4, -0.2) is 44.1 Å². The molecule has 2 aromatic rings. The number of benzene rings is 2. The van der Waals surface area contributed by atoms with Crippen LogP contribution in [0.25, 0.3) is 0 Å². The van der Waals surface area contributed by atoms with Gasteiger partial charge in [0, 0.05) is 39.8 Å². The number of rotatable bonds is 8. The quantitative estimate of drug-likeness (QED) is 0.546. The topological polar surface area (TPSA) is 48.9 Å². The Kier molecular flexibility index (Phi) is 7.88. The van der Waals surface area contributed by atoms with E-state index in [0.29, 0.717) is 12.6 Å². The van der Waals surface area contributed by atoms with E-state index in [1.165, 1.54) is 29.5 Å². The van der Waals surface area contributed by atoms with E-state index >= 15 is 0 Å². The van der Waals surface area contributed by atoms with Gasteiger partial charge in [-0.3, -0.25) is 9.89 Å². The SMILES string of the molecule is CN=C(NCc1ccccc1COC)NCC1CCCN1Cc1ccccc1. The molecular formula is C23H32N4O. The number of guanidine groups is 1. The van der Waals surface area contributed by atoms with Crippen molar-refractivity contribution in [2.75, 3.05) is 27.2 Å². The van der Waals surface area contributed by atoms with E-state index < -0.39 is 0 Å². The van der Waals surface area contributed by atoms with Gasteiger partial charge in [-0.25, -0.2) is 0 Å². The molecule has 0 saturated carbocycles. The minimum Gasteiger partial charge on any atom is -0.380 e. The minimum atomic E-state index is 0.541. The maximum Gasteiger partial charge on any atom is 0.191 e. The van der Waals surface area contributed by atoms with Gasteiger partial charge >= 0.3 is 0 Å². The van der Waals surface area contributed by atoms with Gasteiger partial charge in [-0.05, 0) is 36.1 Å². The third-order valence-corrected chi connectivity index (χ3v) is 5.32. The van der Waals surface area contributed by atoms with E-state index in [0.717, 1.165) is 32.1 Å². The minimum absolute atomic E-state index is 0.541. The van der Waals surface area contributed by atoms with Crippen molar-refractivity contribution >= 4 is 5.96 Å². The molecule has 0 aliphatic carbocycles. The normalized spacial score (nSPS) is 17.6. The molecule has 1 saturated heterocycles. The molecule has 2 aromatic carbocycles. The number of hydrogen-bond donors (Lipinski definition) is 2. The summed E-state index contributed by atoms with van der Waals surface area (Å²) in [4.78, 5) is 6.97. The molecule has 28 heavy (non-hydrogen) atoms. The summed E-state index contributed by atoms with van der Waals surface area (Å²) in [6.45, 7) is 4.45. The Bertz CT molecular complexity index is 747. The van der Waals surface area contributed by atoms with Crippen LogP contribution in [0.5, 0.6) is 0 Å². The molecule has 0 radical (unpaired) electrons. The average Bonchev–Trinajstić information content (AvgIpc) is 3.17. The zero-order valence-corrected chi connectivity index (χ0v) is 17.0. The Hall–Kier alpha value is -2.37. The van der Waals surface area contributed by atoms with Gasteiger partial charge in [-0.2, -0.15) is 0 Å². The maximum atomic E-state index is 5.30. The van der Waals surface area contributed by atoms with Crippen LogP contribution in [0, 0.1) is 0 Å². The molecular weight excluding hydrogens is 348 g/mol.